The summed E-state index contributed by atoms with van der Waals surface area (Å²) in [6, 6.07) is 17.5. The second-order valence-electron chi connectivity index (χ2n) is 12.5. The average Bonchev–Trinajstić information content (AvgIpc) is 3.20. The van der Waals surface area contributed by atoms with Crippen molar-refractivity contribution in [2.24, 2.45) is 0 Å². The van der Waals surface area contributed by atoms with Gasteiger partial charge in [-0.2, -0.15) is 46.7 Å². The molecule has 0 bridgehead atoms. The summed E-state index contributed by atoms with van der Waals surface area (Å²) in [5.74, 6) is 1.48. The third kappa shape index (κ3) is 10.0. The number of benzene rings is 3. The predicted octanol–water partition coefficient (Wildman–Crippen LogP) is 3.67. The highest BCUT2D eigenvalue weighted by atomic mass is 32.2. The minimum Gasteiger partial charge on any atom is -0.378 e. The molecule has 298 valence electrons. The summed E-state index contributed by atoms with van der Waals surface area (Å²) in [5.41, 5.74) is 1.22. The number of nitrogens with zero attached hydrogens (tertiary/aromatic N) is 8. The van der Waals surface area contributed by atoms with Crippen LogP contribution in [0.3, 0.4) is 0 Å². The number of ether oxygens (including phenoxy) is 2. The van der Waals surface area contributed by atoms with Crippen LogP contribution in [-0.2, 0) is 29.7 Å². The normalized spacial score (nSPS) is 15.1. The van der Waals surface area contributed by atoms with Crippen molar-refractivity contribution in [2.45, 2.75) is 9.79 Å². The summed E-state index contributed by atoms with van der Waals surface area (Å²) >= 11 is 0. The van der Waals surface area contributed by atoms with Crippen molar-refractivity contribution in [3.05, 3.63) is 77.9 Å². The number of hydrogen-bond acceptors (Lipinski definition) is 18. The van der Waals surface area contributed by atoms with Crippen LogP contribution in [0.2, 0.25) is 0 Å². The van der Waals surface area contributed by atoms with E-state index in [4.69, 9.17) is 9.47 Å². The van der Waals surface area contributed by atoms with Crippen molar-refractivity contribution < 1.29 is 35.4 Å². The summed E-state index contributed by atoms with van der Waals surface area (Å²) in [6.45, 7) is 4.24. The van der Waals surface area contributed by atoms with E-state index in [1.807, 2.05) is 40.1 Å². The van der Waals surface area contributed by atoms with Crippen molar-refractivity contribution in [1.29, 1.82) is 0 Å². The van der Waals surface area contributed by atoms with Gasteiger partial charge in [0.2, 0.25) is 35.7 Å². The maximum Gasteiger partial charge on any atom is 0.295 e. The molecule has 22 heteroatoms. The van der Waals surface area contributed by atoms with E-state index in [0.717, 1.165) is 5.69 Å². The first kappa shape index (κ1) is 39.2. The SMILES string of the molecule is CNc1nc(Nc2ccc(/C=C/c3ccc(Nc4nc(Nc5ccccc5)nc(N5CCOCC5)n4)cc3S(=O)(=O)O)c(S(=O)(=O)O)c2)nc(N2CCOCC2)n1. The van der Waals surface area contributed by atoms with Crippen LogP contribution < -0.4 is 31.1 Å². The first-order chi connectivity index (χ1) is 27.4. The van der Waals surface area contributed by atoms with E-state index in [1.54, 1.807) is 7.05 Å². The zero-order chi connectivity index (χ0) is 40.0. The Morgan fingerprint density at radius 1 is 0.561 bits per heavy atom. The minimum atomic E-state index is -4.82. The van der Waals surface area contributed by atoms with Crippen molar-refractivity contribution in [3.63, 3.8) is 0 Å². The van der Waals surface area contributed by atoms with E-state index in [9.17, 15) is 25.9 Å². The largest absolute Gasteiger partial charge is 0.378 e. The van der Waals surface area contributed by atoms with Crippen molar-refractivity contribution in [2.75, 3.05) is 90.7 Å². The fraction of sp³-hybridized carbons (Fsp3) is 0.257. The lowest BCUT2D eigenvalue weighted by molar-refractivity contribution is 0.122. The zero-order valence-electron chi connectivity index (χ0n) is 30.4. The number of aromatic nitrogens is 6. The summed E-state index contributed by atoms with van der Waals surface area (Å²) in [6.07, 6.45) is 2.59. The molecule has 0 atom stereocenters. The molecule has 0 saturated carbocycles. The Bertz CT molecular complexity index is 2480. The summed E-state index contributed by atoms with van der Waals surface area (Å²) in [5, 5.41) is 12.0. The number of rotatable bonds is 13. The molecule has 2 fully saturated rings. The molecule has 0 unspecified atom stereocenters. The molecule has 6 N–H and O–H groups in total. The van der Waals surface area contributed by atoms with Gasteiger partial charge in [-0.15, -0.1) is 0 Å². The molecule has 0 spiro atoms. The molecule has 0 radical (unpaired) electrons. The Morgan fingerprint density at radius 3 is 1.39 bits per heavy atom. The van der Waals surface area contributed by atoms with Gasteiger partial charge in [0.15, 0.2) is 0 Å². The minimum absolute atomic E-state index is 0.0167. The average molecular weight is 819 g/mol. The zero-order valence-corrected chi connectivity index (χ0v) is 32.0. The van der Waals surface area contributed by atoms with Gasteiger partial charge >= 0.3 is 0 Å². The van der Waals surface area contributed by atoms with Crippen LogP contribution in [0, 0.1) is 0 Å². The van der Waals surface area contributed by atoms with E-state index in [1.165, 1.54) is 48.6 Å². The number of morpholine rings is 2. The fourth-order valence-electron chi connectivity index (χ4n) is 5.85. The molecule has 5 aromatic rings. The van der Waals surface area contributed by atoms with Crippen LogP contribution in [0.5, 0.6) is 0 Å². The van der Waals surface area contributed by atoms with E-state index >= 15 is 0 Å². The number of nitrogens with one attached hydrogen (secondary N) is 4. The first-order valence-corrected chi connectivity index (χ1v) is 20.4. The van der Waals surface area contributed by atoms with Crippen LogP contribution in [0.1, 0.15) is 11.1 Å². The fourth-order valence-corrected chi connectivity index (χ4v) is 7.27. The third-order valence-corrected chi connectivity index (χ3v) is 10.4. The Morgan fingerprint density at radius 2 is 0.965 bits per heavy atom. The molecule has 2 aliphatic rings. The van der Waals surface area contributed by atoms with Gasteiger partial charge in [-0.25, -0.2) is 0 Å². The molecule has 4 heterocycles. The summed E-state index contributed by atoms with van der Waals surface area (Å²) < 4.78 is 81.8. The summed E-state index contributed by atoms with van der Waals surface area (Å²) in [4.78, 5) is 29.6. The first-order valence-electron chi connectivity index (χ1n) is 17.5. The van der Waals surface area contributed by atoms with Gasteiger partial charge in [-0.3, -0.25) is 9.11 Å². The van der Waals surface area contributed by atoms with Crippen molar-refractivity contribution >= 4 is 85.1 Å². The Hall–Kier alpha value is -6.04. The van der Waals surface area contributed by atoms with Gasteiger partial charge in [-0.05, 0) is 47.5 Å². The van der Waals surface area contributed by atoms with Crippen LogP contribution in [0.25, 0.3) is 12.2 Å². The van der Waals surface area contributed by atoms with E-state index in [-0.39, 0.29) is 46.3 Å². The Balaban J connectivity index is 1.16. The lowest BCUT2D eigenvalue weighted by Crippen LogP contribution is -2.37. The highest BCUT2D eigenvalue weighted by Gasteiger charge is 2.21. The van der Waals surface area contributed by atoms with Gasteiger partial charge in [0.25, 0.3) is 20.2 Å². The molecule has 2 saturated heterocycles. The van der Waals surface area contributed by atoms with Crippen LogP contribution in [-0.4, -0.2) is 115 Å². The van der Waals surface area contributed by atoms with E-state index < -0.39 is 30.0 Å². The number of para-hydroxylation sites is 1. The Kier molecular flexibility index (Phi) is 11.7. The third-order valence-electron chi connectivity index (χ3n) is 8.63. The monoisotopic (exact) mass is 818 g/mol. The molecule has 2 aromatic heterocycles. The molecule has 2 aliphatic heterocycles. The number of anilines is 9. The topological polar surface area (TPSA) is 259 Å². The highest BCUT2D eigenvalue weighted by molar-refractivity contribution is 7.86. The molecule has 3 aromatic carbocycles. The van der Waals surface area contributed by atoms with Crippen LogP contribution in [0.4, 0.5) is 52.8 Å². The summed E-state index contributed by atoms with van der Waals surface area (Å²) in [7, 11) is -7.96. The van der Waals surface area contributed by atoms with Gasteiger partial charge in [0.05, 0.1) is 26.4 Å². The quantitative estimate of drug-likeness (QED) is 0.0731. The maximum absolute atomic E-state index is 12.7. The molecule has 0 amide bonds. The van der Waals surface area contributed by atoms with Crippen LogP contribution >= 0.6 is 0 Å². The van der Waals surface area contributed by atoms with E-state index in [0.29, 0.717) is 64.5 Å². The van der Waals surface area contributed by atoms with Gasteiger partial charge in [0, 0.05) is 50.3 Å². The maximum atomic E-state index is 12.7. The van der Waals surface area contributed by atoms with E-state index in [2.05, 4.69) is 51.2 Å². The second kappa shape index (κ2) is 17.0. The second-order valence-corrected chi connectivity index (χ2v) is 15.3. The standard InChI is InChI=1S/C35H38N12O8S2/c1-36-30-40-32(44-34(42-30)46-13-17-54-18-14-46)38-26-11-9-23(28(21-26)56(48,49)50)7-8-24-10-12-27(22-29(24)57(51,52)53)39-33-41-31(37-25-5-3-2-4-6-25)43-35(45-33)47-15-19-55-20-16-47/h2-12,21-22H,13-20H2,1H3,(H,48,49,50)(H,51,52,53)(H2,36,38,40,42,44)(H2,37,39,41,43,45)/b8-7+. The Labute approximate surface area is 327 Å². The molecular formula is C35H38N12O8S2. The highest BCUT2D eigenvalue weighted by Crippen LogP contribution is 2.29. The lowest BCUT2D eigenvalue weighted by Gasteiger charge is -2.27. The van der Waals surface area contributed by atoms with Crippen LogP contribution in [0.15, 0.2) is 76.5 Å². The van der Waals surface area contributed by atoms with Crippen molar-refractivity contribution in [3.8, 4) is 0 Å². The van der Waals surface area contributed by atoms with Gasteiger partial charge < -0.3 is 40.5 Å². The molecule has 7 rings (SSSR count). The lowest BCUT2D eigenvalue weighted by atomic mass is 10.1. The number of hydrogen-bond donors (Lipinski definition) is 6. The molecule has 20 nitrogen and oxygen atoms in total. The van der Waals surface area contributed by atoms with Gasteiger partial charge in [-0.1, -0.05) is 42.5 Å². The molecule has 57 heavy (non-hydrogen) atoms. The molecule has 0 aliphatic carbocycles. The van der Waals surface area contributed by atoms with Gasteiger partial charge in [0.1, 0.15) is 9.79 Å². The van der Waals surface area contributed by atoms with Crippen molar-refractivity contribution in [1.82, 2.24) is 29.9 Å². The predicted molar refractivity (Wildman–Crippen MR) is 213 cm³/mol. The smallest absolute Gasteiger partial charge is 0.295 e. The molecular weight excluding hydrogens is 781 g/mol.